The van der Waals surface area contributed by atoms with Crippen LogP contribution >= 0.6 is 0 Å². The number of hydrogen-bond donors (Lipinski definition) is 1. The second kappa shape index (κ2) is 10.0. The maximum atomic E-state index is 13.7. The summed E-state index contributed by atoms with van der Waals surface area (Å²) in [6, 6.07) is 20.4. The standard InChI is InChI=1S/C28H27N5O3/c1-20(34)21-9-7-11-23(17-21)30-26(35)22-10-8-16-32(19-22)28(36)25-18-29-33(24-12-3-2-4-13-24)27(25)31-14-5-6-15-31/h2-7,9,11-15,17-18,22H,8,10,16,19H2,1H3,(H,30,35)/t22-/m0/s1. The number of aromatic nitrogens is 3. The van der Waals surface area contributed by atoms with E-state index in [0.29, 0.717) is 42.1 Å². The largest absolute Gasteiger partial charge is 0.338 e. The molecule has 0 aliphatic carbocycles. The van der Waals surface area contributed by atoms with Crippen LogP contribution in [0.3, 0.4) is 0 Å². The van der Waals surface area contributed by atoms with E-state index < -0.39 is 0 Å². The van der Waals surface area contributed by atoms with Crippen LogP contribution in [-0.2, 0) is 4.79 Å². The zero-order valence-electron chi connectivity index (χ0n) is 20.0. The summed E-state index contributed by atoms with van der Waals surface area (Å²) in [5, 5.41) is 7.45. The van der Waals surface area contributed by atoms with Gasteiger partial charge in [-0.15, -0.1) is 0 Å². The van der Waals surface area contributed by atoms with E-state index >= 15 is 0 Å². The molecule has 0 saturated carbocycles. The Bertz CT molecular complexity index is 1390. The summed E-state index contributed by atoms with van der Waals surface area (Å²) in [5.74, 6) is -0.0578. The Morgan fingerprint density at radius 2 is 1.75 bits per heavy atom. The minimum atomic E-state index is -0.345. The van der Waals surface area contributed by atoms with Gasteiger partial charge in [-0.2, -0.15) is 5.10 Å². The molecule has 2 aromatic heterocycles. The first-order chi connectivity index (χ1) is 17.5. The molecule has 1 N–H and O–H groups in total. The summed E-state index contributed by atoms with van der Waals surface area (Å²) in [6.07, 6.45) is 6.78. The number of Topliss-reactive ketones (excluding diaryl/α,β-unsaturated/α-hetero) is 1. The van der Waals surface area contributed by atoms with Crippen molar-refractivity contribution in [3.05, 3.63) is 96.4 Å². The molecule has 8 nitrogen and oxygen atoms in total. The summed E-state index contributed by atoms with van der Waals surface area (Å²) >= 11 is 0. The number of nitrogens with one attached hydrogen (secondary N) is 1. The Kier molecular flexibility index (Phi) is 6.49. The molecule has 1 saturated heterocycles. The number of carbonyl (C=O) groups excluding carboxylic acids is 3. The fourth-order valence-electron chi connectivity index (χ4n) is 4.58. The molecule has 2 amide bonds. The topological polar surface area (TPSA) is 89.2 Å². The van der Waals surface area contributed by atoms with Crippen molar-refractivity contribution in [2.45, 2.75) is 19.8 Å². The van der Waals surface area contributed by atoms with E-state index in [-0.39, 0.29) is 23.5 Å². The maximum Gasteiger partial charge on any atom is 0.259 e. The highest BCUT2D eigenvalue weighted by Crippen LogP contribution is 2.25. The number of hydrogen-bond acceptors (Lipinski definition) is 4. The third kappa shape index (κ3) is 4.70. The van der Waals surface area contributed by atoms with Crippen molar-refractivity contribution in [2.75, 3.05) is 18.4 Å². The van der Waals surface area contributed by atoms with Gasteiger partial charge in [-0.05, 0) is 56.2 Å². The van der Waals surface area contributed by atoms with Gasteiger partial charge in [0.05, 0.1) is 17.8 Å². The molecule has 1 atom stereocenters. The van der Waals surface area contributed by atoms with Crippen molar-refractivity contribution >= 4 is 23.3 Å². The molecule has 3 heterocycles. The van der Waals surface area contributed by atoms with Gasteiger partial charge < -0.3 is 14.8 Å². The lowest BCUT2D eigenvalue weighted by Gasteiger charge is -2.32. The van der Waals surface area contributed by atoms with Gasteiger partial charge >= 0.3 is 0 Å². The number of ketones is 1. The van der Waals surface area contributed by atoms with Gasteiger partial charge in [-0.25, -0.2) is 4.68 Å². The highest BCUT2D eigenvalue weighted by molar-refractivity contribution is 5.99. The monoisotopic (exact) mass is 481 g/mol. The predicted octanol–water partition coefficient (Wildman–Crippen LogP) is 4.36. The van der Waals surface area contributed by atoms with Gasteiger partial charge in [0.1, 0.15) is 5.56 Å². The fraction of sp³-hybridized carbons (Fsp3) is 0.214. The Morgan fingerprint density at radius 1 is 0.972 bits per heavy atom. The molecular formula is C28H27N5O3. The first-order valence-electron chi connectivity index (χ1n) is 12.0. The Balaban J connectivity index is 1.37. The third-order valence-electron chi connectivity index (χ3n) is 6.44. The Hall–Kier alpha value is -4.46. The molecule has 0 spiro atoms. The molecule has 1 aliphatic heterocycles. The van der Waals surface area contributed by atoms with E-state index in [1.165, 1.54) is 6.92 Å². The zero-order chi connectivity index (χ0) is 25.1. The van der Waals surface area contributed by atoms with Crippen LogP contribution in [0.4, 0.5) is 5.69 Å². The molecule has 0 unspecified atom stereocenters. The van der Waals surface area contributed by atoms with Crippen LogP contribution in [0.2, 0.25) is 0 Å². The quantitative estimate of drug-likeness (QED) is 0.415. The van der Waals surface area contributed by atoms with Gasteiger partial charge in [-0.3, -0.25) is 14.4 Å². The van der Waals surface area contributed by atoms with Gasteiger partial charge in [0, 0.05) is 36.7 Å². The number of amides is 2. The van der Waals surface area contributed by atoms with E-state index in [4.69, 9.17) is 0 Å². The molecule has 1 aliphatic rings. The highest BCUT2D eigenvalue weighted by Gasteiger charge is 2.31. The lowest BCUT2D eigenvalue weighted by molar-refractivity contribution is -0.121. The average Bonchev–Trinajstić information content (AvgIpc) is 3.59. The van der Waals surface area contributed by atoms with Crippen molar-refractivity contribution in [3.63, 3.8) is 0 Å². The number of carbonyl (C=O) groups is 3. The Morgan fingerprint density at radius 3 is 2.50 bits per heavy atom. The van der Waals surface area contributed by atoms with Gasteiger partial charge in [-0.1, -0.05) is 30.3 Å². The number of piperidine rings is 1. The zero-order valence-corrected chi connectivity index (χ0v) is 20.0. The Labute approximate surface area is 209 Å². The minimum Gasteiger partial charge on any atom is -0.338 e. The van der Waals surface area contributed by atoms with Crippen LogP contribution in [-0.4, -0.2) is 49.9 Å². The third-order valence-corrected chi connectivity index (χ3v) is 6.44. The molecule has 0 radical (unpaired) electrons. The number of rotatable bonds is 6. The normalized spacial score (nSPS) is 15.5. The van der Waals surface area contributed by atoms with Crippen molar-refractivity contribution in [2.24, 2.45) is 5.92 Å². The van der Waals surface area contributed by atoms with Crippen LogP contribution in [0.1, 0.15) is 40.5 Å². The fourth-order valence-corrected chi connectivity index (χ4v) is 4.58. The summed E-state index contributed by atoms with van der Waals surface area (Å²) in [5.41, 5.74) is 2.45. The van der Waals surface area contributed by atoms with Gasteiger partial charge in [0.15, 0.2) is 11.6 Å². The molecular weight excluding hydrogens is 454 g/mol. The van der Waals surface area contributed by atoms with Crippen LogP contribution in [0.25, 0.3) is 11.5 Å². The molecule has 182 valence electrons. The van der Waals surface area contributed by atoms with Crippen molar-refractivity contribution < 1.29 is 14.4 Å². The summed E-state index contributed by atoms with van der Waals surface area (Å²) in [4.78, 5) is 40.2. The number of para-hydroxylation sites is 1. The summed E-state index contributed by atoms with van der Waals surface area (Å²) in [6.45, 7) is 2.39. The molecule has 0 bridgehead atoms. The lowest BCUT2D eigenvalue weighted by atomic mass is 9.96. The lowest BCUT2D eigenvalue weighted by Crippen LogP contribution is -2.44. The van der Waals surface area contributed by atoms with E-state index in [9.17, 15) is 14.4 Å². The van der Waals surface area contributed by atoms with E-state index in [1.807, 2.05) is 59.4 Å². The average molecular weight is 482 g/mol. The molecule has 1 fully saturated rings. The number of nitrogens with zero attached hydrogens (tertiary/aromatic N) is 4. The van der Waals surface area contributed by atoms with Crippen LogP contribution in [0.15, 0.2) is 85.3 Å². The summed E-state index contributed by atoms with van der Waals surface area (Å²) < 4.78 is 3.63. The number of anilines is 1. The van der Waals surface area contributed by atoms with Crippen LogP contribution < -0.4 is 5.32 Å². The van der Waals surface area contributed by atoms with E-state index in [0.717, 1.165) is 12.1 Å². The minimum absolute atomic E-state index is 0.0601. The maximum absolute atomic E-state index is 13.7. The van der Waals surface area contributed by atoms with E-state index in [1.54, 1.807) is 40.0 Å². The van der Waals surface area contributed by atoms with Crippen molar-refractivity contribution in [3.8, 4) is 11.5 Å². The van der Waals surface area contributed by atoms with E-state index in [2.05, 4.69) is 10.4 Å². The molecule has 2 aromatic carbocycles. The first kappa shape index (κ1) is 23.3. The van der Waals surface area contributed by atoms with Gasteiger partial charge in [0.2, 0.25) is 5.91 Å². The molecule has 36 heavy (non-hydrogen) atoms. The number of likely N-dealkylation sites (tertiary alicyclic amines) is 1. The SMILES string of the molecule is CC(=O)c1cccc(NC(=O)[C@H]2CCCN(C(=O)c3cnn(-c4ccccc4)c3-n3cccc3)C2)c1. The first-order valence-corrected chi connectivity index (χ1v) is 12.0. The molecule has 5 rings (SSSR count). The second-order valence-corrected chi connectivity index (χ2v) is 8.94. The van der Waals surface area contributed by atoms with Crippen molar-refractivity contribution in [1.82, 2.24) is 19.2 Å². The van der Waals surface area contributed by atoms with Gasteiger partial charge in [0.25, 0.3) is 5.91 Å². The smallest absolute Gasteiger partial charge is 0.259 e. The highest BCUT2D eigenvalue weighted by atomic mass is 16.2. The molecule has 8 heteroatoms. The number of benzene rings is 2. The van der Waals surface area contributed by atoms with Crippen LogP contribution in [0.5, 0.6) is 0 Å². The predicted molar refractivity (Wildman–Crippen MR) is 137 cm³/mol. The van der Waals surface area contributed by atoms with Crippen molar-refractivity contribution in [1.29, 1.82) is 0 Å². The van der Waals surface area contributed by atoms with Crippen LogP contribution in [0, 0.1) is 5.92 Å². The summed E-state index contributed by atoms with van der Waals surface area (Å²) in [7, 11) is 0. The second-order valence-electron chi connectivity index (χ2n) is 8.94. The molecule has 4 aromatic rings.